The molecule has 3 aromatic rings. The first-order valence-corrected chi connectivity index (χ1v) is 13.4. The number of fused-ring (bicyclic) bond motifs is 1. The Labute approximate surface area is 215 Å². The van der Waals surface area contributed by atoms with Crippen LogP contribution in [-0.2, 0) is 16.1 Å². The molecule has 0 aliphatic carbocycles. The molecule has 5 rings (SSSR count). The Morgan fingerprint density at radius 1 is 1.08 bits per heavy atom. The van der Waals surface area contributed by atoms with Crippen LogP contribution in [0.15, 0.2) is 52.8 Å². The fourth-order valence-corrected chi connectivity index (χ4v) is 5.33. The Morgan fingerprint density at radius 2 is 1.89 bits per heavy atom. The van der Waals surface area contributed by atoms with Crippen LogP contribution in [0.1, 0.15) is 26.2 Å². The van der Waals surface area contributed by atoms with E-state index < -0.39 is 0 Å². The Morgan fingerprint density at radius 3 is 2.69 bits per heavy atom. The second kappa shape index (κ2) is 11.6. The Hall–Kier alpha value is -3.30. The van der Waals surface area contributed by atoms with Gasteiger partial charge in [0.05, 0.1) is 24.6 Å². The second-order valence-electron chi connectivity index (χ2n) is 8.80. The average Bonchev–Trinajstić information content (AvgIpc) is 3.54. The molecule has 9 heteroatoms. The first-order valence-electron chi connectivity index (χ1n) is 12.5. The molecular weight excluding hydrogens is 476 g/mol. The number of carbonyl (C=O) groups excluding carboxylic acids is 1. The number of hydrogen-bond acceptors (Lipinski definition) is 7. The monoisotopic (exact) mass is 508 g/mol. The van der Waals surface area contributed by atoms with E-state index >= 15 is 0 Å². The lowest BCUT2D eigenvalue weighted by Gasteiger charge is -2.28. The normalized spacial score (nSPS) is 15.4. The van der Waals surface area contributed by atoms with Gasteiger partial charge in [-0.3, -0.25) is 4.79 Å². The fourth-order valence-electron chi connectivity index (χ4n) is 4.37. The van der Waals surface area contributed by atoms with E-state index in [-0.39, 0.29) is 12.7 Å². The van der Waals surface area contributed by atoms with Crippen molar-refractivity contribution >= 4 is 28.6 Å². The van der Waals surface area contributed by atoms with E-state index in [0.29, 0.717) is 13.0 Å². The minimum absolute atomic E-state index is 0.106. The van der Waals surface area contributed by atoms with Gasteiger partial charge in [-0.05, 0) is 55.3 Å². The van der Waals surface area contributed by atoms with Crippen LogP contribution in [0.5, 0.6) is 11.5 Å². The molecular formula is C27H32N4O4S. The highest BCUT2D eigenvalue weighted by Crippen LogP contribution is 2.36. The lowest BCUT2D eigenvalue weighted by molar-refractivity contribution is -0.121. The van der Waals surface area contributed by atoms with Crippen LogP contribution in [0, 0.1) is 0 Å². The van der Waals surface area contributed by atoms with Crippen LogP contribution in [-0.4, -0.2) is 50.1 Å². The van der Waals surface area contributed by atoms with Gasteiger partial charge in [0.25, 0.3) is 0 Å². The van der Waals surface area contributed by atoms with Gasteiger partial charge >= 0.3 is 0 Å². The van der Waals surface area contributed by atoms with Crippen molar-refractivity contribution in [3.63, 3.8) is 0 Å². The SMILES string of the molecule is CCCC(=O)NCCCn1c(-c2ccc3c(c2)OCO3)csc1=Nc1ccc(N2CCOCC2)cc1. The van der Waals surface area contributed by atoms with Gasteiger partial charge in [-0.1, -0.05) is 6.92 Å². The number of rotatable bonds is 9. The predicted octanol–water partition coefficient (Wildman–Crippen LogP) is 4.32. The quantitative estimate of drug-likeness (QED) is 0.436. The first kappa shape index (κ1) is 24.4. The second-order valence-corrected chi connectivity index (χ2v) is 9.64. The van der Waals surface area contributed by atoms with Crippen LogP contribution >= 0.6 is 11.3 Å². The summed E-state index contributed by atoms with van der Waals surface area (Å²) < 4.78 is 18.8. The molecule has 0 radical (unpaired) electrons. The summed E-state index contributed by atoms with van der Waals surface area (Å²) in [5.74, 6) is 1.63. The van der Waals surface area contributed by atoms with Crippen LogP contribution in [0.4, 0.5) is 11.4 Å². The molecule has 1 fully saturated rings. The smallest absolute Gasteiger partial charge is 0.231 e. The van der Waals surface area contributed by atoms with E-state index in [1.165, 1.54) is 5.69 Å². The molecule has 2 aliphatic rings. The summed E-state index contributed by atoms with van der Waals surface area (Å²) in [5, 5.41) is 5.15. The van der Waals surface area contributed by atoms with Crippen LogP contribution in [0.25, 0.3) is 11.3 Å². The summed E-state index contributed by atoms with van der Waals surface area (Å²) in [7, 11) is 0. The van der Waals surface area contributed by atoms with Crippen molar-refractivity contribution < 1.29 is 19.0 Å². The lowest BCUT2D eigenvalue weighted by Crippen LogP contribution is -2.36. The number of nitrogens with one attached hydrogen (secondary N) is 1. The van der Waals surface area contributed by atoms with Gasteiger partial charge in [0.15, 0.2) is 16.3 Å². The van der Waals surface area contributed by atoms with Crippen molar-refractivity contribution in [3.05, 3.63) is 52.6 Å². The molecule has 190 valence electrons. The fraction of sp³-hybridized carbons (Fsp3) is 0.407. The van der Waals surface area contributed by atoms with Crippen molar-refractivity contribution in [2.24, 2.45) is 4.99 Å². The molecule has 0 atom stereocenters. The number of nitrogens with zero attached hydrogens (tertiary/aromatic N) is 3. The zero-order valence-corrected chi connectivity index (χ0v) is 21.4. The molecule has 2 aliphatic heterocycles. The minimum atomic E-state index is 0.106. The van der Waals surface area contributed by atoms with Gasteiger partial charge in [-0.2, -0.15) is 0 Å². The van der Waals surface area contributed by atoms with E-state index in [4.69, 9.17) is 19.2 Å². The minimum Gasteiger partial charge on any atom is -0.454 e. The van der Waals surface area contributed by atoms with Gasteiger partial charge in [-0.15, -0.1) is 11.3 Å². The molecule has 3 heterocycles. The van der Waals surface area contributed by atoms with E-state index in [1.54, 1.807) is 11.3 Å². The zero-order chi connectivity index (χ0) is 24.7. The maximum Gasteiger partial charge on any atom is 0.231 e. The van der Waals surface area contributed by atoms with Crippen LogP contribution in [0.3, 0.4) is 0 Å². The Balaban J connectivity index is 1.40. The van der Waals surface area contributed by atoms with Gasteiger partial charge in [0, 0.05) is 49.2 Å². The molecule has 2 aromatic carbocycles. The number of amides is 1. The number of thiazole rings is 1. The number of carbonyl (C=O) groups is 1. The lowest BCUT2D eigenvalue weighted by atomic mass is 10.1. The third-order valence-electron chi connectivity index (χ3n) is 6.27. The summed E-state index contributed by atoms with van der Waals surface area (Å²) >= 11 is 1.61. The average molecular weight is 509 g/mol. The summed E-state index contributed by atoms with van der Waals surface area (Å²) in [6.45, 7) is 7.00. The number of aromatic nitrogens is 1. The van der Waals surface area contributed by atoms with Crippen LogP contribution < -0.4 is 24.5 Å². The maximum absolute atomic E-state index is 11.9. The summed E-state index contributed by atoms with van der Waals surface area (Å²) in [6.07, 6.45) is 2.23. The summed E-state index contributed by atoms with van der Waals surface area (Å²) in [6, 6.07) is 14.4. The van der Waals surface area contributed by atoms with E-state index in [2.05, 4.69) is 50.5 Å². The number of morpholine rings is 1. The van der Waals surface area contributed by atoms with Crippen molar-refractivity contribution in [1.29, 1.82) is 0 Å². The third kappa shape index (κ3) is 5.74. The van der Waals surface area contributed by atoms with Crippen molar-refractivity contribution in [3.8, 4) is 22.8 Å². The highest BCUT2D eigenvalue weighted by molar-refractivity contribution is 7.07. The van der Waals surface area contributed by atoms with E-state index in [0.717, 1.165) is 78.9 Å². The van der Waals surface area contributed by atoms with E-state index in [1.807, 2.05) is 19.1 Å². The Bertz CT molecular complexity index is 1250. The highest BCUT2D eigenvalue weighted by atomic mass is 32.1. The predicted molar refractivity (Wildman–Crippen MR) is 141 cm³/mol. The number of benzene rings is 2. The molecule has 1 saturated heterocycles. The molecule has 0 spiro atoms. The zero-order valence-electron chi connectivity index (χ0n) is 20.6. The molecule has 0 unspecified atom stereocenters. The topological polar surface area (TPSA) is 77.3 Å². The van der Waals surface area contributed by atoms with Gasteiger partial charge in [0.1, 0.15) is 0 Å². The third-order valence-corrected chi connectivity index (χ3v) is 7.14. The highest BCUT2D eigenvalue weighted by Gasteiger charge is 2.16. The molecule has 1 aromatic heterocycles. The first-order chi connectivity index (χ1) is 17.7. The number of hydrogen-bond donors (Lipinski definition) is 1. The van der Waals surface area contributed by atoms with Crippen molar-refractivity contribution in [2.75, 3.05) is 44.5 Å². The van der Waals surface area contributed by atoms with Gasteiger partial charge < -0.3 is 29.0 Å². The van der Waals surface area contributed by atoms with Crippen LogP contribution in [0.2, 0.25) is 0 Å². The van der Waals surface area contributed by atoms with Crippen molar-refractivity contribution in [2.45, 2.75) is 32.7 Å². The summed E-state index contributed by atoms with van der Waals surface area (Å²) in [4.78, 5) is 20.1. The molecule has 0 bridgehead atoms. The number of anilines is 1. The Kier molecular flexibility index (Phi) is 7.88. The molecule has 8 nitrogen and oxygen atoms in total. The maximum atomic E-state index is 11.9. The molecule has 36 heavy (non-hydrogen) atoms. The van der Waals surface area contributed by atoms with Gasteiger partial charge in [0.2, 0.25) is 12.7 Å². The molecule has 1 N–H and O–H groups in total. The van der Waals surface area contributed by atoms with E-state index in [9.17, 15) is 4.79 Å². The number of ether oxygens (including phenoxy) is 3. The summed E-state index contributed by atoms with van der Waals surface area (Å²) in [5.41, 5.74) is 4.23. The molecule has 1 amide bonds. The van der Waals surface area contributed by atoms with Gasteiger partial charge in [-0.25, -0.2) is 4.99 Å². The molecule has 0 saturated carbocycles. The standard InChI is InChI=1S/C27H32N4O4S/c1-2-4-26(32)28-11-3-12-31-23(20-5-10-24-25(17-20)35-19-34-24)18-36-27(31)29-21-6-8-22(9-7-21)30-13-15-33-16-14-30/h5-10,17-18H,2-4,11-16,19H2,1H3,(H,28,32). The largest absolute Gasteiger partial charge is 0.454 e. The van der Waals surface area contributed by atoms with Crippen molar-refractivity contribution in [1.82, 2.24) is 9.88 Å².